The fourth-order valence-corrected chi connectivity index (χ4v) is 6.05. The van der Waals surface area contributed by atoms with Gasteiger partial charge in [-0.1, -0.05) is 72.8 Å². The normalized spacial score (nSPS) is 16.1. The van der Waals surface area contributed by atoms with Crippen LogP contribution < -0.4 is 14.8 Å². The standard InChI is InChI=1S/C38H34N5O5/c1-45-30-17-13-28(14-18-30)38(27-11-7-4-8-12-27,29-15-19-31(46-2)20-16-29)47-23-32-21-22-33(48-32)43-25-41-34-35(39-24-40-36(34)43)42-37(44)26-9-5-3-6-10-26/h3-20,22,24-25,32-33H,21,23H2,1-2H3,(H,39,40,42,44)/t32-,33+/m0/s1. The molecule has 0 unspecified atom stereocenters. The molecule has 4 aromatic carbocycles. The maximum Gasteiger partial charge on any atom is 0.256 e. The van der Waals surface area contributed by atoms with E-state index in [4.69, 9.17) is 18.9 Å². The van der Waals surface area contributed by atoms with Gasteiger partial charge in [-0.2, -0.15) is 0 Å². The van der Waals surface area contributed by atoms with Gasteiger partial charge in [0.2, 0.25) is 0 Å². The predicted molar refractivity (Wildman–Crippen MR) is 181 cm³/mol. The summed E-state index contributed by atoms with van der Waals surface area (Å²) in [5, 5.41) is 2.86. The molecule has 1 fully saturated rings. The minimum atomic E-state index is -0.956. The maximum absolute atomic E-state index is 12.8. The smallest absolute Gasteiger partial charge is 0.256 e. The van der Waals surface area contributed by atoms with Gasteiger partial charge in [0.15, 0.2) is 17.0 Å². The number of nitrogens with one attached hydrogen (secondary N) is 1. The highest BCUT2D eigenvalue weighted by atomic mass is 16.6. The average molecular weight is 641 g/mol. The Hall–Kier alpha value is -5.58. The molecule has 0 spiro atoms. The minimum Gasteiger partial charge on any atom is -0.497 e. The van der Waals surface area contributed by atoms with Gasteiger partial charge in [-0.25, -0.2) is 15.0 Å². The summed E-state index contributed by atoms with van der Waals surface area (Å²) >= 11 is 0. The Morgan fingerprint density at radius 1 is 0.812 bits per heavy atom. The van der Waals surface area contributed by atoms with Crippen LogP contribution >= 0.6 is 0 Å². The van der Waals surface area contributed by atoms with Gasteiger partial charge in [0, 0.05) is 12.0 Å². The van der Waals surface area contributed by atoms with Crippen LogP contribution in [0.3, 0.4) is 0 Å². The van der Waals surface area contributed by atoms with Gasteiger partial charge >= 0.3 is 0 Å². The first-order chi connectivity index (χ1) is 23.6. The van der Waals surface area contributed by atoms with Crippen LogP contribution in [-0.2, 0) is 15.1 Å². The highest BCUT2D eigenvalue weighted by molar-refractivity contribution is 6.06. The third kappa shape index (κ3) is 5.99. The van der Waals surface area contributed by atoms with Gasteiger partial charge in [0.25, 0.3) is 5.91 Å². The third-order valence-corrected chi connectivity index (χ3v) is 8.49. The number of anilines is 1. The van der Waals surface area contributed by atoms with Crippen LogP contribution in [0.5, 0.6) is 11.5 Å². The molecule has 1 N–H and O–H groups in total. The number of nitrogens with zero attached hydrogens (tertiary/aromatic N) is 4. The number of carbonyl (C=O) groups is 1. The first-order valence-corrected chi connectivity index (χ1v) is 15.6. The number of methoxy groups -OCH3 is 2. The summed E-state index contributed by atoms with van der Waals surface area (Å²) in [5.74, 6) is 1.57. The second-order valence-corrected chi connectivity index (χ2v) is 11.3. The Morgan fingerprint density at radius 2 is 1.42 bits per heavy atom. The zero-order chi connectivity index (χ0) is 32.9. The molecule has 2 aromatic heterocycles. The Bertz CT molecular complexity index is 1930. The number of hydrogen-bond acceptors (Lipinski definition) is 8. The van der Waals surface area contributed by atoms with Crippen LogP contribution in [-0.4, -0.2) is 52.4 Å². The van der Waals surface area contributed by atoms with Crippen LogP contribution in [0.4, 0.5) is 5.82 Å². The molecule has 1 saturated heterocycles. The van der Waals surface area contributed by atoms with Crippen LogP contribution in [0.15, 0.2) is 122 Å². The Morgan fingerprint density at radius 3 is 2.04 bits per heavy atom. The molecule has 1 radical (unpaired) electrons. The van der Waals surface area contributed by atoms with Crippen molar-refractivity contribution in [3.63, 3.8) is 0 Å². The number of aromatic nitrogens is 4. The van der Waals surface area contributed by atoms with E-state index in [1.54, 1.807) is 32.7 Å². The van der Waals surface area contributed by atoms with Gasteiger partial charge in [-0.3, -0.25) is 9.36 Å². The zero-order valence-corrected chi connectivity index (χ0v) is 26.5. The van der Waals surface area contributed by atoms with E-state index in [-0.39, 0.29) is 12.0 Å². The lowest BCUT2D eigenvalue weighted by molar-refractivity contribution is -0.0733. The Labute approximate surface area is 278 Å². The van der Waals surface area contributed by atoms with E-state index in [1.807, 2.05) is 89.5 Å². The van der Waals surface area contributed by atoms with Crippen LogP contribution in [0, 0.1) is 6.42 Å². The van der Waals surface area contributed by atoms with E-state index < -0.39 is 11.8 Å². The Balaban J connectivity index is 1.15. The van der Waals surface area contributed by atoms with Crippen molar-refractivity contribution in [1.29, 1.82) is 0 Å². The monoisotopic (exact) mass is 640 g/mol. The van der Waals surface area contributed by atoms with E-state index in [1.165, 1.54) is 6.33 Å². The fraction of sp³-hybridized carbons (Fsp3) is 0.184. The van der Waals surface area contributed by atoms with E-state index in [0.29, 0.717) is 35.6 Å². The molecule has 241 valence electrons. The van der Waals surface area contributed by atoms with Gasteiger partial charge in [0.1, 0.15) is 29.7 Å². The Kier molecular flexibility index (Phi) is 8.82. The lowest BCUT2D eigenvalue weighted by Crippen LogP contribution is -2.35. The molecule has 1 aliphatic heterocycles. The summed E-state index contributed by atoms with van der Waals surface area (Å²) in [6.45, 7) is 0.292. The number of rotatable bonds is 11. The summed E-state index contributed by atoms with van der Waals surface area (Å²) < 4.78 is 26.4. The molecule has 6 aromatic rings. The largest absolute Gasteiger partial charge is 0.497 e. The average Bonchev–Trinajstić information content (AvgIpc) is 3.81. The molecule has 10 nitrogen and oxygen atoms in total. The molecule has 0 saturated carbocycles. The minimum absolute atomic E-state index is 0.258. The van der Waals surface area contributed by atoms with E-state index >= 15 is 0 Å². The van der Waals surface area contributed by atoms with Gasteiger partial charge in [-0.05, 0) is 59.5 Å². The number of hydrogen-bond donors (Lipinski definition) is 1. The first kappa shape index (κ1) is 31.0. The van der Waals surface area contributed by atoms with Crippen molar-refractivity contribution in [3.05, 3.63) is 151 Å². The highest BCUT2D eigenvalue weighted by Crippen LogP contribution is 2.43. The predicted octanol–water partition coefficient (Wildman–Crippen LogP) is 6.60. The highest BCUT2D eigenvalue weighted by Gasteiger charge is 2.40. The van der Waals surface area contributed by atoms with Crippen molar-refractivity contribution in [2.24, 2.45) is 0 Å². The number of ether oxygens (including phenoxy) is 4. The molecular weight excluding hydrogens is 606 g/mol. The summed E-state index contributed by atoms with van der Waals surface area (Å²) in [4.78, 5) is 26.1. The maximum atomic E-state index is 12.8. The molecular formula is C38H34N5O5. The molecule has 3 heterocycles. The lowest BCUT2D eigenvalue weighted by atomic mass is 9.80. The van der Waals surface area contributed by atoms with Gasteiger partial charge in [0.05, 0.1) is 33.3 Å². The number of benzene rings is 4. The van der Waals surface area contributed by atoms with Crippen LogP contribution in [0.2, 0.25) is 0 Å². The van der Waals surface area contributed by atoms with E-state index in [0.717, 1.165) is 28.2 Å². The van der Waals surface area contributed by atoms with Crippen molar-refractivity contribution >= 4 is 22.9 Å². The summed E-state index contributed by atoms with van der Waals surface area (Å²) in [6, 6.07) is 35.0. The summed E-state index contributed by atoms with van der Waals surface area (Å²) in [7, 11) is 3.31. The molecule has 1 aliphatic rings. The van der Waals surface area contributed by atoms with Crippen molar-refractivity contribution in [2.45, 2.75) is 24.4 Å². The molecule has 0 bridgehead atoms. The third-order valence-electron chi connectivity index (χ3n) is 8.49. The second kappa shape index (κ2) is 13.6. The quantitative estimate of drug-likeness (QED) is 0.158. The van der Waals surface area contributed by atoms with Crippen molar-refractivity contribution in [2.75, 3.05) is 26.1 Å². The lowest BCUT2D eigenvalue weighted by Gasteiger charge is -2.37. The molecule has 7 rings (SSSR count). The molecule has 2 atom stereocenters. The zero-order valence-electron chi connectivity index (χ0n) is 26.5. The van der Waals surface area contributed by atoms with E-state index in [9.17, 15) is 4.79 Å². The topological polar surface area (TPSA) is 110 Å². The van der Waals surface area contributed by atoms with Crippen LogP contribution in [0.25, 0.3) is 11.2 Å². The summed E-state index contributed by atoms with van der Waals surface area (Å²) in [5.41, 5.74) is 3.45. The molecule has 10 heteroatoms. The SMILES string of the molecule is COc1ccc(C(OC[C@@H]2C[CH][C@H](n3cnc4c(NC(=O)c5ccccc5)ncnc43)O2)(c2ccccc2)c2ccc(OC)cc2)cc1. The molecule has 48 heavy (non-hydrogen) atoms. The van der Waals surface area contributed by atoms with E-state index in [2.05, 4.69) is 38.8 Å². The first-order valence-electron chi connectivity index (χ1n) is 15.6. The van der Waals surface area contributed by atoms with Gasteiger partial charge in [-0.15, -0.1) is 0 Å². The number of carbonyl (C=O) groups excluding carboxylic acids is 1. The second-order valence-electron chi connectivity index (χ2n) is 11.3. The molecule has 1 amide bonds. The van der Waals surface area contributed by atoms with Crippen LogP contribution in [0.1, 0.15) is 39.7 Å². The number of imidazole rings is 1. The number of amides is 1. The molecule has 0 aliphatic carbocycles. The summed E-state index contributed by atoms with van der Waals surface area (Å²) in [6.07, 6.45) is 5.09. The van der Waals surface area contributed by atoms with Crippen molar-refractivity contribution in [3.8, 4) is 11.5 Å². The number of fused-ring (bicyclic) bond motifs is 1. The fourth-order valence-electron chi connectivity index (χ4n) is 6.05. The van der Waals surface area contributed by atoms with Gasteiger partial charge < -0.3 is 24.3 Å². The van der Waals surface area contributed by atoms with Crippen molar-refractivity contribution < 1.29 is 23.7 Å². The van der Waals surface area contributed by atoms with Crippen molar-refractivity contribution in [1.82, 2.24) is 19.5 Å².